The van der Waals surface area contributed by atoms with Crippen molar-refractivity contribution in [2.75, 3.05) is 39.3 Å². The third-order valence-electron chi connectivity index (χ3n) is 8.16. The van der Waals surface area contributed by atoms with Crippen LogP contribution >= 0.6 is 22.9 Å². The van der Waals surface area contributed by atoms with E-state index in [2.05, 4.69) is 63.5 Å². The molecule has 1 fully saturated rings. The van der Waals surface area contributed by atoms with Gasteiger partial charge in [-0.1, -0.05) is 39.8 Å². The number of rotatable bonds is 14. The third kappa shape index (κ3) is 9.27. The van der Waals surface area contributed by atoms with Gasteiger partial charge in [0.25, 0.3) is 0 Å². The Hall–Kier alpha value is -2.48. The summed E-state index contributed by atoms with van der Waals surface area (Å²) in [5, 5.41) is 0.547. The molecule has 1 aliphatic heterocycles. The molecule has 8 nitrogen and oxygen atoms in total. The molecule has 0 amide bonds. The number of halogens is 2. The second kappa shape index (κ2) is 16.2. The van der Waals surface area contributed by atoms with E-state index in [4.69, 9.17) is 10.5 Å². The number of esters is 1. The second-order valence-corrected chi connectivity index (χ2v) is 14.6. The van der Waals surface area contributed by atoms with Crippen LogP contribution in [0.4, 0.5) is 4.39 Å². The molecule has 0 aliphatic carbocycles. The molecule has 2 heterocycles. The highest BCUT2D eigenvalue weighted by Crippen LogP contribution is 2.30. The summed E-state index contributed by atoms with van der Waals surface area (Å²) < 4.78 is 37.5. The average Bonchev–Trinajstić information content (AvgIpc) is 3.39. The number of piperidine rings is 1. The monoisotopic (exact) mass is 737 g/mol. The predicted molar refractivity (Wildman–Crippen MR) is 185 cm³/mol. The number of nitrogens with zero attached hydrogens (tertiary/aromatic N) is 2. The molecular weight excluding hydrogens is 692 g/mol. The van der Waals surface area contributed by atoms with Crippen LogP contribution in [0.25, 0.3) is 16.6 Å². The smallest absolute Gasteiger partial charge is 0.355 e. The van der Waals surface area contributed by atoms with Crippen molar-refractivity contribution >= 4 is 56.4 Å². The normalized spacial score (nSPS) is 16.4. The summed E-state index contributed by atoms with van der Waals surface area (Å²) in [6.07, 6.45) is 4.98. The first-order valence-corrected chi connectivity index (χ1v) is 17.5. The van der Waals surface area contributed by atoms with Crippen molar-refractivity contribution in [1.82, 2.24) is 17.7 Å². The fourth-order valence-electron chi connectivity index (χ4n) is 5.37. The van der Waals surface area contributed by atoms with Gasteiger partial charge in [-0.05, 0) is 86.0 Å². The lowest BCUT2D eigenvalue weighted by molar-refractivity contribution is 0.0452. The molecule has 0 bridgehead atoms. The number of nitrogens with two attached hydrogens (primary N) is 1. The highest BCUT2D eigenvalue weighted by molar-refractivity contribution is 14.1. The molecule has 44 heavy (non-hydrogen) atoms. The fourth-order valence-corrected chi connectivity index (χ4v) is 7.06. The van der Waals surface area contributed by atoms with Gasteiger partial charge in [0, 0.05) is 42.3 Å². The summed E-state index contributed by atoms with van der Waals surface area (Å²) in [6, 6.07) is 12.4. The zero-order valence-corrected chi connectivity index (χ0v) is 29.0. The zero-order valence-electron chi connectivity index (χ0n) is 26.1. The maximum atomic E-state index is 14.2. The highest BCUT2D eigenvalue weighted by Gasteiger charge is 2.24. The van der Waals surface area contributed by atoms with Gasteiger partial charge in [-0.2, -0.15) is 0 Å². The van der Waals surface area contributed by atoms with E-state index in [0.29, 0.717) is 40.5 Å². The lowest BCUT2D eigenvalue weighted by atomic mass is 9.97. The number of hydrogen-bond acceptors (Lipinski definition) is 6. The maximum absolute atomic E-state index is 14.2. The van der Waals surface area contributed by atoms with Gasteiger partial charge in [0.05, 0.1) is 40.1 Å². The quantitative estimate of drug-likeness (QED) is 0.0984. The van der Waals surface area contributed by atoms with Crippen molar-refractivity contribution in [3.63, 3.8) is 0 Å². The summed E-state index contributed by atoms with van der Waals surface area (Å²) in [6.45, 7) is 12.8. The Kier molecular flexibility index (Phi) is 12.7. The molecule has 2 aromatic carbocycles. The van der Waals surface area contributed by atoms with Crippen LogP contribution in [-0.2, 0) is 15.7 Å². The van der Waals surface area contributed by atoms with Gasteiger partial charge in [0.2, 0.25) is 0 Å². The van der Waals surface area contributed by atoms with Gasteiger partial charge in [0.15, 0.2) is 0 Å². The average molecular weight is 738 g/mol. The summed E-state index contributed by atoms with van der Waals surface area (Å²) in [7, 11) is -1.22. The topological polar surface area (TPSA) is 104 Å². The molecule has 4 N–H and O–H groups in total. The molecule has 0 spiro atoms. The number of fused-ring (bicyclic) bond motifs is 1. The van der Waals surface area contributed by atoms with E-state index in [1.165, 1.54) is 17.7 Å². The Labute approximate surface area is 277 Å². The molecule has 240 valence electrons. The van der Waals surface area contributed by atoms with Crippen LogP contribution in [0, 0.1) is 17.7 Å². The molecule has 2 atom stereocenters. The van der Waals surface area contributed by atoms with Crippen molar-refractivity contribution in [2.45, 2.75) is 57.8 Å². The van der Waals surface area contributed by atoms with Crippen molar-refractivity contribution in [1.29, 1.82) is 0 Å². The van der Waals surface area contributed by atoms with Crippen LogP contribution in [0.1, 0.15) is 74.5 Å². The lowest BCUT2D eigenvalue weighted by Crippen LogP contribution is -2.40. The van der Waals surface area contributed by atoms with Crippen LogP contribution in [0.15, 0.2) is 53.6 Å². The minimum atomic E-state index is -1.22. The van der Waals surface area contributed by atoms with Gasteiger partial charge in [-0.15, -0.1) is 0 Å². The highest BCUT2D eigenvalue weighted by atomic mass is 127. The minimum Gasteiger partial charge on any atom is -0.461 e. The van der Waals surface area contributed by atoms with Gasteiger partial charge >= 0.3 is 5.97 Å². The molecule has 0 radical (unpaired) electrons. The standard InChI is InChI=1S/C33H45FIN5O3S/c1-5-23(4)25-6-9-27(10-7-25)44(42)37-14-17-39-15-12-24(13-16-39)19-40(35)20-29(36)31-28-18-26(34)8-11-30(28)38-32(31)33(41)43-21-22(2)3/h6-11,18,20,22-24,37-38H,5,12-17,19,21,36H2,1-4H3/b29-20-. The number of nitrogens with one attached hydrogen (secondary N) is 2. The van der Waals surface area contributed by atoms with Crippen molar-refractivity contribution < 1.29 is 18.1 Å². The van der Waals surface area contributed by atoms with E-state index in [1.807, 2.05) is 35.3 Å². The number of benzene rings is 2. The van der Waals surface area contributed by atoms with Crippen molar-refractivity contribution in [2.24, 2.45) is 17.6 Å². The van der Waals surface area contributed by atoms with Gasteiger partial charge < -0.3 is 23.5 Å². The molecule has 4 rings (SSSR count). The Bertz CT molecular complexity index is 1450. The van der Waals surface area contributed by atoms with E-state index in [-0.39, 0.29) is 18.2 Å². The number of ether oxygens (including phenoxy) is 1. The number of aromatic nitrogens is 1. The SMILES string of the molecule is CCC(C)c1ccc(S(=O)NCCN2CCC(CN(I)/C=C(\N)c3c(C(=O)OCC(C)C)[nH]c4ccc(F)cc34)CC2)cc1. The molecule has 1 aromatic heterocycles. The number of hydrogen-bond donors (Lipinski definition) is 3. The zero-order chi connectivity index (χ0) is 31.8. The Morgan fingerprint density at radius 1 is 1.23 bits per heavy atom. The summed E-state index contributed by atoms with van der Waals surface area (Å²) >= 11 is 2.24. The number of likely N-dealkylation sites (tertiary alicyclic amines) is 1. The number of carbonyl (C=O) groups excluding carboxylic acids is 1. The van der Waals surface area contributed by atoms with Gasteiger partial charge in [-0.25, -0.2) is 18.1 Å². The van der Waals surface area contributed by atoms with Crippen LogP contribution in [0.3, 0.4) is 0 Å². The summed E-state index contributed by atoms with van der Waals surface area (Å²) in [5.41, 5.74) is 9.52. The molecule has 0 saturated carbocycles. The van der Waals surface area contributed by atoms with E-state index in [9.17, 15) is 13.4 Å². The third-order valence-corrected chi connectivity index (χ3v) is 10.00. The molecule has 3 aromatic rings. The summed E-state index contributed by atoms with van der Waals surface area (Å²) in [5.74, 6) is 0.263. The van der Waals surface area contributed by atoms with E-state index >= 15 is 0 Å². The van der Waals surface area contributed by atoms with Gasteiger partial charge in [0.1, 0.15) is 22.5 Å². The minimum absolute atomic E-state index is 0.186. The Morgan fingerprint density at radius 2 is 1.93 bits per heavy atom. The van der Waals surface area contributed by atoms with Crippen LogP contribution in [0.2, 0.25) is 0 Å². The van der Waals surface area contributed by atoms with Crippen molar-refractivity contribution in [3.05, 3.63) is 71.3 Å². The molecule has 11 heteroatoms. The van der Waals surface area contributed by atoms with Crippen LogP contribution < -0.4 is 10.5 Å². The molecule has 1 saturated heterocycles. The second-order valence-electron chi connectivity index (χ2n) is 12.1. The predicted octanol–water partition coefficient (Wildman–Crippen LogP) is 6.57. The molecule has 1 aliphatic rings. The fraction of sp³-hybridized carbons (Fsp3) is 0.485. The molecular formula is C33H45FIN5O3S. The number of H-pyrrole nitrogens is 1. The van der Waals surface area contributed by atoms with Gasteiger partial charge in [-0.3, -0.25) is 0 Å². The van der Waals surface area contributed by atoms with Crippen LogP contribution in [-0.4, -0.2) is 62.5 Å². The van der Waals surface area contributed by atoms with Crippen LogP contribution in [0.5, 0.6) is 0 Å². The first-order valence-electron chi connectivity index (χ1n) is 15.4. The summed E-state index contributed by atoms with van der Waals surface area (Å²) in [4.78, 5) is 19.2. The van der Waals surface area contributed by atoms with Crippen molar-refractivity contribution in [3.8, 4) is 0 Å². The maximum Gasteiger partial charge on any atom is 0.355 e. The number of carbonyl (C=O) groups is 1. The number of aromatic amines is 1. The lowest BCUT2D eigenvalue weighted by Gasteiger charge is -2.33. The van der Waals surface area contributed by atoms with E-state index < -0.39 is 22.8 Å². The first kappa shape index (κ1) is 34.4. The first-order chi connectivity index (χ1) is 21.0. The Balaban J connectivity index is 1.28. The largest absolute Gasteiger partial charge is 0.461 e. The van der Waals surface area contributed by atoms with E-state index in [1.54, 1.807) is 6.07 Å². The van der Waals surface area contributed by atoms with E-state index in [0.717, 1.165) is 50.3 Å². The Morgan fingerprint density at radius 3 is 2.59 bits per heavy atom. The molecule has 2 unspecified atom stereocenters.